The van der Waals surface area contributed by atoms with Crippen LogP contribution < -0.4 is 14.4 Å². The highest BCUT2D eigenvalue weighted by Gasteiger charge is 2.35. The highest BCUT2D eigenvalue weighted by molar-refractivity contribution is 7.92. The third-order valence-electron chi connectivity index (χ3n) is 6.54. The van der Waals surface area contributed by atoms with Gasteiger partial charge in [-0.3, -0.25) is 13.9 Å². The van der Waals surface area contributed by atoms with Crippen LogP contribution in [0.4, 0.5) is 5.69 Å². The number of hydrogen-bond donors (Lipinski definition) is 1. The molecule has 232 valence electrons. The highest BCUT2D eigenvalue weighted by Crippen LogP contribution is 2.33. The molecule has 8 nitrogen and oxygen atoms in total. The minimum Gasteiger partial charge on any atom is -0.492 e. The molecule has 1 unspecified atom stereocenters. The number of benzene rings is 3. The van der Waals surface area contributed by atoms with Crippen molar-refractivity contribution in [3.05, 3.63) is 87.9 Å². The summed E-state index contributed by atoms with van der Waals surface area (Å²) >= 11 is 12.4. The van der Waals surface area contributed by atoms with Crippen molar-refractivity contribution in [1.82, 2.24) is 10.2 Å². The average molecular weight is 649 g/mol. The Morgan fingerprint density at radius 3 is 2.19 bits per heavy atom. The van der Waals surface area contributed by atoms with E-state index in [1.807, 2.05) is 27.7 Å². The number of nitrogens with one attached hydrogen (secondary N) is 1. The number of carbonyl (C=O) groups excluding carboxylic acids is 2. The molecule has 0 aromatic heterocycles. The molecule has 0 fully saturated rings. The predicted octanol–water partition coefficient (Wildman–Crippen LogP) is 6.62. The Morgan fingerprint density at radius 1 is 0.953 bits per heavy atom. The summed E-state index contributed by atoms with van der Waals surface area (Å²) in [7, 11) is -4.24. The van der Waals surface area contributed by atoms with Gasteiger partial charge in [0.15, 0.2) is 0 Å². The van der Waals surface area contributed by atoms with E-state index in [-0.39, 0.29) is 36.1 Å². The van der Waals surface area contributed by atoms with E-state index >= 15 is 0 Å². The first-order valence-electron chi connectivity index (χ1n) is 14.0. The topological polar surface area (TPSA) is 96.0 Å². The van der Waals surface area contributed by atoms with Crippen LogP contribution in [-0.4, -0.2) is 49.9 Å². The molecule has 0 saturated carbocycles. The number of sulfonamides is 1. The van der Waals surface area contributed by atoms with Crippen molar-refractivity contribution >= 4 is 50.7 Å². The van der Waals surface area contributed by atoms with Crippen molar-refractivity contribution in [1.29, 1.82) is 0 Å². The minimum atomic E-state index is -4.24. The first-order valence-corrected chi connectivity index (χ1v) is 16.2. The SMILES string of the molecule is CCOc1ccccc1N(CC(=O)N(Cc1ccc(Cl)c(Cl)c1)C(CC)C(=O)NC(C)(C)C)S(=O)(=O)c1ccc(C)cc1. The van der Waals surface area contributed by atoms with E-state index in [9.17, 15) is 18.0 Å². The zero-order valence-electron chi connectivity index (χ0n) is 25.4. The van der Waals surface area contributed by atoms with Gasteiger partial charge in [-0.1, -0.05) is 66.0 Å². The zero-order valence-corrected chi connectivity index (χ0v) is 27.7. The van der Waals surface area contributed by atoms with Crippen molar-refractivity contribution in [2.24, 2.45) is 0 Å². The molecule has 0 bridgehead atoms. The smallest absolute Gasteiger partial charge is 0.264 e. The second-order valence-corrected chi connectivity index (χ2v) is 13.8. The maximum absolute atomic E-state index is 14.3. The monoisotopic (exact) mass is 647 g/mol. The Kier molecular flexibility index (Phi) is 11.5. The first-order chi connectivity index (χ1) is 20.2. The Bertz CT molecular complexity index is 1540. The van der Waals surface area contributed by atoms with Crippen LogP contribution >= 0.6 is 23.2 Å². The minimum absolute atomic E-state index is 0.00266. The third-order valence-corrected chi connectivity index (χ3v) is 9.06. The lowest BCUT2D eigenvalue weighted by Crippen LogP contribution is -2.55. The summed E-state index contributed by atoms with van der Waals surface area (Å²) in [6, 6.07) is 17.1. The molecular weight excluding hydrogens is 609 g/mol. The second kappa shape index (κ2) is 14.5. The van der Waals surface area contributed by atoms with Gasteiger partial charge in [0.05, 0.1) is 27.2 Å². The Balaban J connectivity index is 2.14. The van der Waals surface area contributed by atoms with Crippen LogP contribution in [0.1, 0.15) is 52.2 Å². The van der Waals surface area contributed by atoms with Crippen LogP contribution in [0.2, 0.25) is 10.0 Å². The molecule has 43 heavy (non-hydrogen) atoms. The summed E-state index contributed by atoms with van der Waals surface area (Å²) in [6.45, 7) is 10.7. The first kappa shape index (κ1) is 34.2. The van der Waals surface area contributed by atoms with Gasteiger partial charge < -0.3 is 15.0 Å². The molecular formula is C32H39Cl2N3O5S. The molecule has 1 N–H and O–H groups in total. The molecule has 2 amide bonds. The molecule has 0 aliphatic carbocycles. The lowest BCUT2D eigenvalue weighted by atomic mass is 10.1. The normalized spacial score (nSPS) is 12.4. The van der Waals surface area contributed by atoms with E-state index in [4.69, 9.17) is 27.9 Å². The Hall–Kier alpha value is -3.27. The van der Waals surface area contributed by atoms with Crippen LogP contribution in [-0.2, 0) is 26.2 Å². The van der Waals surface area contributed by atoms with Gasteiger partial charge in [0.1, 0.15) is 18.3 Å². The largest absolute Gasteiger partial charge is 0.492 e. The standard InChI is InChI=1S/C32H39Cl2N3O5S/c1-7-27(31(39)35-32(4,5)6)36(20-23-15-18-25(33)26(34)19-23)30(38)21-37(28-11-9-10-12-29(28)42-8-2)43(40,41)24-16-13-22(3)14-17-24/h9-19,27H,7-8,20-21H2,1-6H3,(H,35,39). The number of aryl methyl sites for hydroxylation is 1. The highest BCUT2D eigenvalue weighted by atomic mass is 35.5. The van der Waals surface area contributed by atoms with E-state index in [1.165, 1.54) is 17.0 Å². The number of ether oxygens (including phenoxy) is 1. The molecule has 3 rings (SSSR count). The molecule has 0 heterocycles. The summed E-state index contributed by atoms with van der Waals surface area (Å²) in [5.41, 5.74) is 1.17. The summed E-state index contributed by atoms with van der Waals surface area (Å²) < 4.78 is 35.1. The summed E-state index contributed by atoms with van der Waals surface area (Å²) in [5, 5.41) is 3.60. The Labute approximate surface area is 265 Å². The number of hydrogen-bond acceptors (Lipinski definition) is 5. The summed E-state index contributed by atoms with van der Waals surface area (Å²) in [5.74, 6) is -0.628. The van der Waals surface area contributed by atoms with Gasteiger partial charge in [0, 0.05) is 12.1 Å². The van der Waals surface area contributed by atoms with Gasteiger partial charge in [-0.05, 0) is 83.0 Å². The van der Waals surface area contributed by atoms with Crippen LogP contribution in [0, 0.1) is 6.92 Å². The van der Waals surface area contributed by atoms with Gasteiger partial charge in [0.2, 0.25) is 11.8 Å². The lowest BCUT2D eigenvalue weighted by Gasteiger charge is -2.35. The molecule has 0 aliphatic heterocycles. The van der Waals surface area contributed by atoms with Crippen molar-refractivity contribution < 1.29 is 22.7 Å². The van der Waals surface area contributed by atoms with Crippen LogP contribution in [0.15, 0.2) is 71.6 Å². The fourth-order valence-electron chi connectivity index (χ4n) is 4.50. The number of carbonyl (C=O) groups is 2. The van der Waals surface area contributed by atoms with Gasteiger partial charge in [0.25, 0.3) is 10.0 Å². The molecule has 1 atom stereocenters. The number of rotatable bonds is 12. The number of halogens is 2. The van der Waals surface area contributed by atoms with E-state index < -0.39 is 34.1 Å². The fourth-order valence-corrected chi connectivity index (χ4v) is 6.24. The van der Waals surface area contributed by atoms with Crippen molar-refractivity contribution in [2.75, 3.05) is 17.5 Å². The molecule has 0 radical (unpaired) electrons. The predicted molar refractivity (Wildman–Crippen MR) is 172 cm³/mol. The maximum Gasteiger partial charge on any atom is 0.264 e. The van der Waals surface area contributed by atoms with Crippen molar-refractivity contribution in [3.63, 3.8) is 0 Å². The van der Waals surface area contributed by atoms with Crippen LogP contribution in [0.3, 0.4) is 0 Å². The molecule has 0 aliphatic rings. The van der Waals surface area contributed by atoms with Gasteiger partial charge in [-0.2, -0.15) is 0 Å². The van der Waals surface area contributed by atoms with E-state index in [0.29, 0.717) is 21.4 Å². The number of amides is 2. The van der Waals surface area contributed by atoms with E-state index in [0.717, 1.165) is 9.87 Å². The van der Waals surface area contributed by atoms with Crippen LogP contribution in [0.25, 0.3) is 0 Å². The zero-order chi connectivity index (χ0) is 31.9. The average Bonchev–Trinajstić information content (AvgIpc) is 2.93. The molecule has 3 aromatic rings. The van der Waals surface area contributed by atoms with Gasteiger partial charge in [-0.25, -0.2) is 8.42 Å². The van der Waals surface area contributed by atoms with Crippen LogP contribution in [0.5, 0.6) is 5.75 Å². The third kappa shape index (κ3) is 8.87. The van der Waals surface area contributed by atoms with Crippen molar-refractivity contribution in [3.8, 4) is 5.75 Å². The lowest BCUT2D eigenvalue weighted by molar-refractivity contribution is -0.141. The number of para-hydroxylation sites is 2. The fraction of sp³-hybridized carbons (Fsp3) is 0.375. The van der Waals surface area contributed by atoms with E-state index in [2.05, 4.69) is 5.32 Å². The summed E-state index contributed by atoms with van der Waals surface area (Å²) in [4.78, 5) is 29.2. The second-order valence-electron chi connectivity index (χ2n) is 11.2. The molecule has 0 spiro atoms. The molecule has 3 aromatic carbocycles. The van der Waals surface area contributed by atoms with E-state index in [1.54, 1.807) is 68.4 Å². The number of anilines is 1. The number of nitrogens with zero attached hydrogens (tertiary/aromatic N) is 2. The summed E-state index contributed by atoms with van der Waals surface area (Å²) in [6.07, 6.45) is 0.287. The molecule has 0 saturated heterocycles. The quantitative estimate of drug-likeness (QED) is 0.238. The Morgan fingerprint density at radius 2 is 1.60 bits per heavy atom. The molecule has 11 heteroatoms. The van der Waals surface area contributed by atoms with Gasteiger partial charge in [-0.15, -0.1) is 0 Å². The van der Waals surface area contributed by atoms with Crippen molar-refractivity contribution in [2.45, 2.75) is 71.0 Å². The maximum atomic E-state index is 14.3. The van der Waals surface area contributed by atoms with Gasteiger partial charge >= 0.3 is 0 Å².